The third-order valence-corrected chi connectivity index (χ3v) is 4.12. The molecule has 2 atom stereocenters. The average Bonchev–Trinajstić information content (AvgIpc) is 2.88. The fourth-order valence-electron chi connectivity index (χ4n) is 2.80. The van der Waals surface area contributed by atoms with Crippen LogP contribution in [0.15, 0.2) is 12.2 Å². The van der Waals surface area contributed by atoms with Crippen molar-refractivity contribution in [2.45, 2.75) is 51.9 Å². The van der Waals surface area contributed by atoms with E-state index < -0.39 is 5.97 Å². The molecule has 6 heteroatoms. The molecule has 1 saturated carbocycles. The Kier molecular flexibility index (Phi) is 14.5. The van der Waals surface area contributed by atoms with Crippen LogP contribution in [0, 0.1) is 11.8 Å². The first-order valence-corrected chi connectivity index (χ1v) is 9.00. The number of carbonyl (C=O) groups excluding carboxylic acids is 1. The Morgan fingerprint density at radius 2 is 1.79 bits per heavy atom. The summed E-state index contributed by atoms with van der Waals surface area (Å²) >= 11 is 0. The van der Waals surface area contributed by atoms with Crippen LogP contribution in [-0.4, -0.2) is 43.0 Å². The summed E-state index contributed by atoms with van der Waals surface area (Å²) in [6.45, 7) is 5.64. The van der Waals surface area contributed by atoms with Gasteiger partial charge in [0, 0.05) is 19.3 Å². The summed E-state index contributed by atoms with van der Waals surface area (Å²) in [7, 11) is 0. The van der Waals surface area contributed by atoms with Gasteiger partial charge in [0.25, 0.3) is 0 Å². The van der Waals surface area contributed by atoms with E-state index in [-0.39, 0.29) is 24.0 Å². The van der Waals surface area contributed by atoms with Crippen LogP contribution in [0.3, 0.4) is 0 Å². The molecule has 0 saturated heterocycles. The van der Waals surface area contributed by atoms with Gasteiger partial charge in [-0.05, 0) is 70.6 Å². The molecule has 1 fully saturated rings. The van der Waals surface area contributed by atoms with Crippen LogP contribution in [-0.2, 0) is 9.59 Å². The van der Waals surface area contributed by atoms with Gasteiger partial charge in [-0.25, -0.2) is 0 Å². The predicted octanol–water partition coefficient (Wildman–Crippen LogP) is 1.69. The molecule has 0 amide bonds. The Morgan fingerprint density at radius 1 is 1.17 bits per heavy atom. The molecule has 6 nitrogen and oxygen atoms in total. The van der Waals surface area contributed by atoms with Gasteiger partial charge in [-0.3, -0.25) is 9.59 Å². The maximum Gasteiger partial charge on any atom is 0.303 e. The first-order valence-electron chi connectivity index (χ1n) is 9.00. The van der Waals surface area contributed by atoms with Crippen molar-refractivity contribution >= 4 is 11.8 Å². The van der Waals surface area contributed by atoms with E-state index in [1.54, 1.807) is 0 Å². The van der Waals surface area contributed by atoms with Gasteiger partial charge in [0.05, 0.1) is 0 Å². The first kappa shape index (κ1) is 22.8. The molecule has 0 aliphatic heterocycles. The van der Waals surface area contributed by atoms with E-state index in [0.29, 0.717) is 12.8 Å². The summed E-state index contributed by atoms with van der Waals surface area (Å²) in [6.07, 6.45) is 9.31. The number of ketones is 1. The molecular weight excluding hydrogens is 306 g/mol. The lowest BCUT2D eigenvalue weighted by molar-refractivity contribution is -0.138. The van der Waals surface area contributed by atoms with Crippen molar-refractivity contribution in [3.05, 3.63) is 12.2 Å². The van der Waals surface area contributed by atoms with Gasteiger partial charge in [-0.2, -0.15) is 0 Å². The highest BCUT2D eigenvalue weighted by Gasteiger charge is 2.33. The van der Waals surface area contributed by atoms with Crippen LogP contribution in [0.2, 0.25) is 0 Å². The lowest BCUT2D eigenvalue weighted by atomic mass is 9.90. The minimum atomic E-state index is -0.796. The number of hydrogen-bond donors (Lipinski definition) is 4. The zero-order valence-electron chi connectivity index (χ0n) is 15.0. The van der Waals surface area contributed by atoms with Crippen molar-refractivity contribution in [3.8, 4) is 0 Å². The number of hydrogen-bond acceptors (Lipinski definition) is 5. The third-order valence-electron chi connectivity index (χ3n) is 4.12. The Labute approximate surface area is 146 Å². The van der Waals surface area contributed by atoms with Crippen molar-refractivity contribution in [3.63, 3.8) is 0 Å². The Morgan fingerprint density at radius 3 is 2.38 bits per heavy atom. The number of aliphatic carboxylic acids is 1. The summed E-state index contributed by atoms with van der Waals surface area (Å²) < 4.78 is 0. The summed E-state index contributed by atoms with van der Waals surface area (Å²) in [5.74, 6) is -0.285. The van der Waals surface area contributed by atoms with Gasteiger partial charge in [-0.15, -0.1) is 0 Å². The van der Waals surface area contributed by atoms with E-state index in [1.807, 2.05) is 19.1 Å². The number of unbranched alkanes of at least 4 members (excludes halogenated alkanes) is 1. The van der Waals surface area contributed by atoms with Crippen molar-refractivity contribution < 1.29 is 14.7 Å². The van der Waals surface area contributed by atoms with Crippen LogP contribution >= 0.6 is 0 Å². The number of carbonyl (C=O) groups is 2. The van der Waals surface area contributed by atoms with Crippen molar-refractivity contribution in [2.75, 3.05) is 26.2 Å². The molecule has 0 aromatic heterocycles. The molecule has 24 heavy (non-hydrogen) atoms. The van der Waals surface area contributed by atoms with Gasteiger partial charge in [-0.1, -0.05) is 12.2 Å². The minimum absolute atomic E-state index is 0.0520. The molecule has 1 rings (SSSR count). The standard InChI is InChI=1S/C11H16O3.C7H19N3/c1-2-3-4-8-5-10(12)6-9(8)7-11(13)14;8-4-1-2-6-10-7-3-5-9/h2-3,8-9H,4-7H2,1H3,(H,13,14);10H,1-9H2/b3-2-;. The smallest absolute Gasteiger partial charge is 0.303 e. The van der Waals surface area contributed by atoms with Crippen LogP contribution in [0.4, 0.5) is 0 Å². The fraction of sp³-hybridized carbons (Fsp3) is 0.778. The summed E-state index contributed by atoms with van der Waals surface area (Å²) in [5.41, 5.74) is 10.6. The van der Waals surface area contributed by atoms with Crippen LogP contribution < -0.4 is 16.8 Å². The van der Waals surface area contributed by atoms with E-state index >= 15 is 0 Å². The average molecular weight is 341 g/mol. The molecule has 6 N–H and O–H groups in total. The van der Waals surface area contributed by atoms with E-state index in [4.69, 9.17) is 16.6 Å². The van der Waals surface area contributed by atoms with E-state index in [1.165, 1.54) is 6.42 Å². The van der Waals surface area contributed by atoms with Crippen molar-refractivity contribution in [1.29, 1.82) is 0 Å². The fourth-order valence-corrected chi connectivity index (χ4v) is 2.80. The van der Waals surface area contributed by atoms with Gasteiger partial charge in [0.15, 0.2) is 0 Å². The van der Waals surface area contributed by atoms with Gasteiger partial charge in [0.1, 0.15) is 5.78 Å². The van der Waals surface area contributed by atoms with E-state index in [9.17, 15) is 9.59 Å². The molecule has 0 aromatic rings. The number of Topliss-reactive ketones (excluding diaryl/α,β-unsaturated/α-hetero) is 1. The van der Waals surface area contributed by atoms with Gasteiger partial charge >= 0.3 is 5.97 Å². The quantitative estimate of drug-likeness (QED) is 0.335. The molecule has 2 unspecified atom stereocenters. The van der Waals surface area contributed by atoms with Gasteiger partial charge in [0.2, 0.25) is 0 Å². The topological polar surface area (TPSA) is 118 Å². The first-order chi connectivity index (χ1) is 11.5. The maximum absolute atomic E-state index is 11.2. The van der Waals surface area contributed by atoms with Crippen LogP contribution in [0.5, 0.6) is 0 Å². The van der Waals surface area contributed by atoms with E-state index in [0.717, 1.165) is 45.4 Å². The summed E-state index contributed by atoms with van der Waals surface area (Å²) in [4.78, 5) is 21.7. The van der Waals surface area contributed by atoms with Crippen molar-refractivity contribution in [1.82, 2.24) is 5.32 Å². The summed E-state index contributed by atoms with van der Waals surface area (Å²) in [5, 5.41) is 12.0. The zero-order valence-corrected chi connectivity index (χ0v) is 15.0. The number of allylic oxidation sites excluding steroid dienone is 2. The molecule has 1 aliphatic carbocycles. The Hall–Kier alpha value is -1.24. The number of nitrogens with two attached hydrogens (primary N) is 2. The minimum Gasteiger partial charge on any atom is -0.481 e. The largest absolute Gasteiger partial charge is 0.481 e. The molecule has 0 spiro atoms. The Balaban J connectivity index is 0.000000470. The maximum atomic E-state index is 11.2. The highest BCUT2D eigenvalue weighted by molar-refractivity contribution is 5.82. The second-order valence-corrected chi connectivity index (χ2v) is 6.26. The second kappa shape index (κ2) is 15.3. The lowest BCUT2D eigenvalue weighted by Crippen LogP contribution is -2.19. The van der Waals surface area contributed by atoms with Crippen LogP contribution in [0.1, 0.15) is 51.9 Å². The highest BCUT2D eigenvalue weighted by Crippen LogP contribution is 2.34. The second-order valence-electron chi connectivity index (χ2n) is 6.26. The van der Waals surface area contributed by atoms with Crippen molar-refractivity contribution in [2.24, 2.45) is 23.3 Å². The number of rotatable bonds is 11. The molecule has 0 radical (unpaired) electrons. The van der Waals surface area contributed by atoms with Gasteiger partial charge < -0.3 is 21.9 Å². The number of nitrogens with one attached hydrogen (secondary N) is 1. The molecule has 140 valence electrons. The number of carboxylic acids is 1. The van der Waals surface area contributed by atoms with E-state index in [2.05, 4.69) is 5.32 Å². The van der Waals surface area contributed by atoms with Crippen LogP contribution in [0.25, 0.3) is 0 Å². The predicted molar refractivity (Wildman–Crippen MR) is 97.7 cm³/mol. The lowest BCUT2D eigenvalue weighted by Gasteiger charge is -2.14. The molecular formula is C18H35N3O3. The number of carboxylic acid groups (broad SMARTS) is 1. The SMILES string of the molecule is C/C=C\CC1CC(=O)CC1CC(=O)O.NCCCCNCCCN. The molecule has 0 bridgehead atoms. The highest BCUT2D eigenvalue weighted by atomic mass is 16.4. The third kappa shape index (κ3) is 12.2. The molecule has 0 heterocycles. The zero-order chi connectivity index (χ0) is 18.2. The molecule has 1 aliphatic rings. The summed E-state index contributed by atoms with van der Waals surface area (Å²) in [6, 6.07) is 0. The normalized spacial score (nSPS) is 20.2. The molecule has 0 aromatic carbocycles. The Bertz CT molecular complexity index is 365. The monoisotopic (exact) mass is 341 g/mol.